The number of nitro groups is 1. The van der Waals surface area contributed by atoms with Gasteiger partial charge in [-0.05, 0) is 34.5 Å². The minimum Gasteiger partial charge on any atom is -0.476 e. The van der Waals surface area contributed by atoms with Crippen molar-refractivity contribution in [2.75, 3.05) is 0 Å². The molecule has 0 aliphatic carbocycles. The van der Waals surface area contributed by atoms with Gasteiger partial charge in [-0.3, -0.25) is 10.1 Å². The van der Waals surface area contributed by atoms with E-state index in [0.29, 0.717) is 4.47 Å². The maximum Gasteiger partial charge on any atom is 0.363 e. The van der Waals surface area contributed by atoms with Crippen molar-refractivity contribution in [2.45, 2.75) is 6.92 Å². The summed E-state index contributed by atoms with van der Waals surface area (Å²) in [6, 6.07) is 1.74. The van der Waals surface area contributed by atoms with Crippen molar-refractivity contribution in [3.63, 3.8) is 0 Å². The summed E-state index contributed by atoms with van der Waals surface area (Å²) < 4.78 is 1.66. The molecule has 0 aliphatic heterocycles. The SMILES string of the molecule is Cc1ccnc(-n2cc([N+](=O)[O-])c(C(=O)O)n2)c1Br. The summed E-state index contributed by atoms with van der Waals surface area (Å²) in [7, 11) is 0. The average molecular weight is 327 g/mol. The summed E-state index contributed by atoms with van der Waals surface area (Å²) in [4.78, 5) is 24.9. The number of aryl methyl sites for hydroxylation is 1. The molecule has 0 saturated carbocycles. The molecule has 2 heterocycles. The number of carboxylic acid groups (broad SMARTS) is 1. The predicted molar refractivity (Wildman–Crippen MR) is 67.4 cm³/mol. The first-order valence-electron chi connectivity index (χ1n) is 5.00. The molecular formula is C10H7BrN4O4. The van der Waals surface area contributed by atoms with Gasteiger partial charge in [0.25, 0.3) is 0 Å². The number of aromatic nitrogens is 3. The lowest BCUT2D eigenvalue weighted by atomic mass is 10.3. The fourth-order valence-electron chi connectivity index (χ4n) is 1.44. The predicted octanol–water partition coefficient (Wildman–Crippen LogP) is 1.94. The van der Waals surface area contributed by atoms with E-state index in [9.17, 15) is 14.9 Å². The molecule has 2 rings (SSSR count). The summed E-state index contributed by atoms with van der Waals surface area (Å²) in [6.07, 6.45) is 2.53. The first-order valence-corrected chi connectivity index (χ1v) is 5.80. The Labute approximate surface area is 115 Å². The molecule has 0 unspecified atom stereocenters. The van der Waals surface area contributed by atoms with Gasteiger partial charge in [-0.2, -0.15) is 5.10 Å². The van der Waals surface area contributed by atoms with Crippen LogP contribution in [0.15, 0.2) is 22.9 Å². The van der Waals surface area contributed by atoms with Gasteiger partial charge in [-0.15, -0.1) is 0 Å². The smallest absolute Gasteiger partial charge is 0.363 e. The third-order valence-corrected chi connectivity index (χ3v) is 3.36. The second-order valence-electron chi connectivity index (χ2n) is 3.64. The Morgan fingerprint density at radius 2 is 2.26 bits per heavy atom. The molecule has 0 bridgehead atoms. The second-order valence-corrected chi connectivity index (χ2v) is 4.43. The monoisotopic (exact) mass is 326 g/mol. The zero-order chi connectivity index (χ0) is 14.2. The van der Waals surface area contributed by atoms with Crippen LogP contribution >= 0.6 is 15.9 Å². The molecule has 0 spiro atoms. The molecule has 19 heavy (non-hydrogen) atoms. The third-order valence-electron chi connectivity index (χ3n) is 2.38. The molecule has 98 valence electrons. The van der Waals surface area contributed by atoms with Gasteiger partial charge in [0.15, 0.2) is 5.82 Å². The van der Waals surface area contributed by atoms with Crippen molar-refractivity contribution in [1.29, 1.82) is 0 Å². The van der Waals surface area contributed by atoms with Gasteiger partial charge < -0.3 is 5.11 Å². The molecular weight excluding hydrogens is 320 g/mol. The van der Waals surface area contributed by atoms with Crippen molar-refractivity contribution >= 4 is 27.6 Å². The molecule has 2 aromatic rings. The number of carbonyl (C=O) groups is 1. The van der Waals surface area contributed by atoms with Crippen LogP contribution in [0.25, 0.3) is 5.82 Å². The van der Waals surface area contributed by atoms with Crippen LogP contribution in [0.5, 0.6) is 0 Å². The van der Waals surface area contributed by atoms with Crippen LogP contribution < -0.4 is 0 Å². The van der Waals surface area contributed by atoms with E-state index < -0.39 is 22.3 Å². The molecule has 0 amide bonds. The second kappa shape index (κ2) is 4.76. The van der Waals surface area contributed by atoms with Gasteiger partial charge in [0.1, 0.15) is 6.20 Å². The highest BCUT2D eigenvalue weighted by atomic mass is 79.9. The van der Waals surface area contributed by atoms with Crippen LogP contribution in [0.2, 0.25) is 0 Å². The average Bonchev–Trinajstić information content (AvgIpc) is 2.77. The van der Waals surface area contributed by atoms with E-state index in [2.05, 4.69) is 26.0 Å². The molecule has 0 radical (unpaired) electrons. The van der Waals surface area contributed by atoms with Crippen molar-refractivity contribution < 1.29 is 14.8 Å². The zero-order valence-electron chi connectivity index (χ0n) is 9.57. The summed E-state index contributed by atoms with van der Waals surface area (Å²) in [5.41, 5.74) is -0.358. The van der Waals surface area contributed by atoms with E-state index in [4.69, 9.17) is 5.11 Å². The van der Waals surface area contributed by atoms with Crippen molar-refractivity contribution in [3.8, 4) is 5.82 Å². The van der Waals surface area contributed by atoms with Gasteiger partial charge in [-0.25, -0.2) is 14.5 Å². The maximum atomic E-state index is 10.9. The van der Waals surface area contributed by atoms with Crippen LogP contribution in [0.3, 0.4) is 0 Å². The Hall–Kier alpha value is -2.29. The molecule has 2 aromatic heterocycles. The molecule has 0 fully saturated rings. The van der Waals surface area contributed by atoms with Gasteiger partial charge in [0.2, 0.25) is 5.69 Å². The lowest BCUT2D eigenvalue weighted by molar-refractivity contribution is -0.385. The van der Waals surface area contributed by atoms with Crippen LogP contribution in [0, 0.1) is 17.0 Å². The Bertz CT molecular complexity index is 651. The Balaban J connectivity index is 2.64. The maximum absolute atomic E-state index is 10.9. The van der Waals surface area contributed by atoms with Crippen LogP contribution in [0.4, 0.5) is 5.69 Å². The van der Waals surface area contributed by atoms with Crippen molar-refractivity contribution in [3.05, 3.63) is 44.3 Å². The molecule has 1 N–H and O–H groups in total. The van der Waals surface area contributed by atoms with Gasteiger partial charge in [0.05, 0.1) is 9.40 Å². The molecule has 9 heteroatoms. The highest BCUT2D eigenvalue weighted by Gasteiger charge is 2.26. The molecule has 0 saturated heterocycles. The summed E-state index contributed by atoms with van der Waals surface area (Å²) >= 11 is 3.28. The molecule has 0 atom stereocenters. The quantitative estimate of drug-likeness (QED) is 0.681. The first kappa shape index (κ1) is 13.1. The van der Waals surface area contributed by atoms with Gasteiger partial charge in [-0.1, -0.05) is 0 Å². The van der Waals surface area contributed by atoms with Gasteiger partial charge in [0, 0.05) is 6.20 Å². The summed E-state index contributed by atoms with van der Waals surface area (Å²) in [6.45, 7) is 1.81. The van der Waals surface area contributed by atoms with Crippen molar-refractivity contribution in [1.82, 2.24) is 14.8 Å². The van der Waals surface area contributed by atoms with E-state index in [1.54, 1.807) is 6.07 Å². The highest BCUT2D eigenvalue weighted by Crippen LogP contribution is 2.25. The number of pyridine rings is 1. The molecule has 8 nitrogen and oxygen atoms in total. The van der Waals surface area contributed by atoms with E-state index in [1.807, 2.05) is 6.92 Å². The number of rotatable bonds is 3. The van der Waals surface area contributed by atoms with Crippen molar-refractivity contribution in [2.24, 2.45) is 0 Å². The van der Waals surface area contributed by atoms with E-state index >= 15 is 0 Å². The van der Waals surface area contributed by atoms with Crippen LogP contribution in [0.1, 0.15) is 16.1 Å². The summed E-state index contributed by atoms with van der Waals surface area (Å²) in [5.74, 6) is -1.18. The number of carboxylic acids is 1. The third kappa shape index (κ3) is 2.32. The Morgan fingerprint density at radius 3 is 2.79 bits per heavy atom. The number of hydrogen-bond donors (Lipinski definition) is 1. The van der Waals surface area contributed by atoms with Crippen LogP contribution in [-0.4, -0.2) is 30.8 Å². The van der Waals surface area contributed by atoms with Crippen LogP contribution in [-0.2, 0) is 0 Å². The lowest BCUT2D eigenvalue weighted by Crippen LogP contribution is -2.04. The molecule has 0 aliphatic rings. The Morgan fingerprint density at radius 1 is 1.58 bits per heavy atom. The minimum absolute atomic E-state index is 0.288. The minimum atomic E-state index is -1.46. The first-order chi connectivity index (χ1) is 8.91. The zero-order valence-corrected chi connectivity index (χ0v) is 11.2. The fourth-order valence-corrected chi connectivity index (χ4v) is 1.86. The van der Waals surface area contributed by atoms with E-state index in [-0.39, 0.29) is 5.82 Å². The van der Waals surface area contributed by atoms with E-state index in [0.717, 1.165) is 16.4 Å². The lowest BCUT2D eigenvalue weighted by Gasteiger charge is -2.04. The standard InChI is InChI=1S/C10H7BrN4O4/c1-5-2-3-12-9(7(5)11)14-4-6(15(18)19)8(13-14)10(16)17/h2-4H,1H3,(H,16,17). The number of aromatic carboxylic acids is 1. The molecule has 0 aromatic carbocycles. The normalized spacial score (nSPS) is 10.4. The number of hydrogen-bond acceptors (Lipinski definition) is 5. The van der Waals surface area contributed by atoms with Gasteiger partial charge >= 0.3 is 11.7 Å². The Kier molecular flexibility index (Phi) is 3.30. The number of halogens is 1. The summed E-state index contributed by atoms with van der Waals surface area (Å²) in [5, 5.41) is 23.4. The largest absolute Gasteiger partial charge is 0.476 e. The fraction of sp³-hybridized carbons (Fsp3) is 0.100. The van der Waals surface area contributed by atoms with E-state index in [1.165, 1.54) is 6.20 Å². The number of nitrogens with zero attached hydrogens (tertiary/aromatic N) is 4. The highest BCUT2D eigenvalue weighted by molar-refractivity contribution is 9.10. The topological polar surface area (TPSA) is 111 Å².